The Hall–Kier alpha value is -2.96. The van der Waals surface area contributed by atoms with Crippen LogP contribution in [0.5, 0.6) is 0 Å². The van der Waals surface area contributed by atoms with Gasteiger partial charge in [-0.05, 0) is 60.5 Å². The summed E-state index contributed by atoms with van der Waals surface area (Å²) in [4.78, 5) is 10.2. The van der Waals surface area contributed by atoms with Crippen LogP contribution in [0.2, 0.25) is 0 Å². The maximum absolute atomic E-state index is 13.0. The Morgan fingerprint density at radius 2 is 1.88 bits per heavy atom. The highest BCUT2D eigenvalue weighted by molar-refractivity contribution is 7.94. The van der Waals surface area contributed by atoms with Crippen LogP contribution in [0.25, 0.3) is 0 Å². The first-order valence-corrected chi connectivity index (χ1v) is 13.4. The third-order valence-corrected chi connectivity index (χ3v) is 9.83. The molecule has 168 valence electrons. The number of nitrogens with one attached hydrogen (secondary N) is 1. The summed E-state index contributed by atoms with van der Waals surface area (Å²) in [6, 6.07) is 11.6. The Bertz CT molecular complexity index is 1400. The molecule has 4 rings (SSSR count). The average Bonchev–Trinajstić information content (AvgIpc) is 3.28. The van der Waals surface area contributed by atoms with Gasteiger partial charge in [-0.15, -0.1) is 11.3 Å². The molecule has 1 aliphatic heterocycles. The lowest BCUT2D eigenvalue weighted by molar-refractivity contribution is -0.385. The molecule has 12 heteroatoms. The third-order valence-electron chi connectivity index (χ3n) is 5.12. The van der Waals surface area contributed by atoms with E-state index in [0.717, 1.165) is 17.4 Å². The molecule has 0 saturated heterocycles. The van der Waals surface area contributed by atoms with Gasteiger partial charge in [-0.25, -0.2) is 16.8 Å². The molecule has 0 bridgehead atoms. The fraction of sp³-hybridized carbons (Fsp3) is 0.200. The van der Waals surface area contributed by atoms with Gasteiger partial charge in [0.1, 0.15) is 4.21 Å². The molecule has 32 heavy (non-hydrogen) atoms. The molecular formula is C20H19N3O6S3. The first-order valence-electron chi connectivity index (χ1n) is 9.56. The van der Waals surface area contributed by atoms with Gasteiger partial charge in [-0.3, -0.25) is 19.1 Å². The molecule has 9 nitrogen and oxygen atoms in total. The van der Waals surface area contributed by atoms with E-state index in [-0.39, 0.29) is 20.5 Å². The fourth-order valence-electron chi connectivity index (χ4n) is 3.60. The predicted octanol–water partition coefficient (Wildman–Crippen LogP) is 3.91. The van der Waals surface area contributed by atoms with Gasteiger partial charge in [0.05, 0.1) is 15.5 Å². The van der Waals surface area contributed by atoms with Gasteiger partial charge >= 0.3 is 0 Å². The number of fused-ring (bicyclic) bond motifs is 1. The zero-order chi connectivity index (χ0) is 23.1. The first kappa shape index (κ1) is 22.2. The number of non-ortho nitro benzene ring substituents is 1. The Morgan fingerprint density at radius 3 is 2.56 bits per heavy atom. The largest absolute Gasteiger partial charge is 0.280 e. The minimum atomic E-state index is -4.09. The highest BCUT2D eigenvalue weighted by Gasteiger charge is 2.30. The molecule has 1 aromatic heterocycles. The minimum absolute atomic E-state index is 0.189. The molecule has 3 aromatic rings. The van der Waals surface area contributed by atoms with E-state index in [1.54, 1.807) is 36.6 Å². The van der Waals surface area contributed by atoms with Crippen molar-refractivity contribution < 1.29 is 21.8 Å². The number of nitro groups is 1. The number of hydrogen-bond acceptors (Lipinski definition) is 7. The average molecular weight is 494 g/mol. The monoisotopic (exact) mass is 493 g/mol. The summed E-state index contributed by atoms with van der Waals surface area (Å²) >= 11 is 1.14. The van der Waals surface area contributed by atoms with Crippen LogP contribution >= 0.6 is 11.3 Å². The molecule has 0 atom stereocenters. The minimum Gasteiger partial charge on any atom is -0.280 e. The van der Waals surface area contributed by atoms with Crippen LogP contribution in [0.1, 0.15) is 17.5 Å². The van der Waals surface area contributed by atoms with E-state index in [2.05, 4.69) is 4.72 Å². The summed E-state index contributed by atoms with van der Waals surface area (Å²) in [6.45, 7) is 1.89. The van der Waals surface area contributed by atoms with E-state index < -0.39 is 25.0 Å². The van der Waals surface area contributed by atoms with Crippen molar-refractivity contribution in [2.24, 2.45) is 0 Å². The maximum Gasteiger partial charge on any atom is 0.273 e. The third kappa shape index (κ3) is 4.08. The fourth-order valence-corrected chi connectivity index (χ4v) is 7.56. The summed E-state index contributed by atoms with van der Waals surface area (Å²) < 4.78 is 55.9. The molecular weight excluding hydrogens is 474 g/mol. The molecule has 0 amide bonds. The normalized spacial score (nSPS) is 14.1. The number of nitrogens with zero attached hydrogens (tertiary/aromatic N) is 2. The molecule has 0 aliphatic carbocycles. The van der Waals surface area contributed by atoms with Crippen LogP contribution in [0, 0.1) is 17.0 Å². The van der Waals surface area contributed by atoms with Crippen molar-refractivity contribution in [2.45, 2.75) is 28.9 Å². The molecule has 1 aliphatic rings. The van der Waals surface area contributed by atoms with E-state index >= 15 is 0 Å². The topological polar surface area (TPSA) is 127 Å². The Kier molecular flexibility index (Phi) is 5.69. The Morgan fingerprint density at radius 1 is 1.09 bits per heavy atom. The van der Waals surface area contributed by atoms with E-state index in [9.17, 15) is 26.9 Å². The van der Waals surface area contributed by atoms with Gasteiger partial charge in [0.25, 0.3) is 25.7 Å². The number of anilines is 2. The summed E-state index contributed by atoms with van der Waals surface area (Å²) in [7, 11) is -7.78. The van der Waals surface area contributed by atoms with Crippen molar-refractivity contribution in [3.05, 3.63) is 75.2 Å². The SMILES string of the molecule is Cc1ccc([N+](=O)[O-])cc1S(=O)(=O)Nc1ccc2c(c1)CCCN2S(=O)(=O)c1cccs1. The summed E-state index contributed by atoms with van der Waals surface area (Å²) in [6.07, 6.45) is 1.19. The van der Waals surface area contributed by atoms with Crippen LogP contribution in [0.4, 0.5) is 17.1 Å². The first-order chi connectivity index (χ1) is 15.1. The molecule has 0 radical (unpaired) electrons. The Labute approximate surface area is 189 Å². The number of hydrogen-bond donors (Lipinski definition) is 1. The molecule has 1 N–H and O–H groups in total. The van der Waals surface area contributed by atoms with E-state index in [1.165, 1.54) is 22.5 Å². The lowest BCUT2D eigenvalue weighted by Crippen LogP contribution is -2.35. The van der Waals surface area contributed by atoms with Gasteiger partial charge in [-0.1, -0.05) is 12.1 Å². The molecule has 0 unspecified atom stereocenters. The van der Waals surface area contributed by atoms with Crippen LogP contribution < -0.4 is 9.03 Å². The van der Waals surface area contributed by atoms with Gasteiger partial charge in [0, 0.05) is 24.4 Å². The highest BCUT2D eigenvalue weighted by atomic mass is 32.2. The smallest absolute Gasteiger partial charge is 0.273 e. The zero-order valence-corrected chi connectivity index (χ0v) is 19.3. The number of rotatable bonds is 6. The lowest BCUT2D eigenvalue weighted by atomic mass is 10.0. The van der Waals surface area contributed by atoms with E-state index in [0.29, 0.717) is 36.2 Å². The van der Waals surface area contributed by atoms with Gasteiger partial charge < -0.3 is 0 Å². The number of nitro benzene ring substituents is 1. The van der Waals surface area contributed by atoms with Crippen molar-refractivity contribution in [3.63, 3.8) is 0 Å². The number of sulfonamides is 2. The maximum atomic E-state index is 13.0. The summed E-state index contributed by atoms with van der Waals surface area (Å²) in [5, 5.41) is 12.7. The predicted molar refractivity (Wildman–Crippen MR) is 122 cm³/mol. The van der Waals surface area contributed by atoms with E-state index in [1.807, 2.05) is 0 Å². The summed E-state index contributed by atoms with van der Waals surface area (Å²) in [5.41, 5.74) is 1.52. The van der Waals surface area contributed by atoms with Crippen molar-refractivity contribution >= 4 is 48.4 Å². The zero-order valence-electron chi connectivity index (χ0n) is 16.9. The quantitative estimate of drug-likeness (QED) is 0.410. The molecule has 2 heterocycles. The summed E-state index contributed by atoms with van der Waals surface area (Å²) in [5.74, 6) is 0. The van der Waals surface area contributed by atoms with E-state index in [4.69, 9.17) is 0 Å². The second-order valence-corrected chi connectivity index (χ2v) is 12.0. The molecule has 0 fully saturated rings. The van der Waals surface area contributed by atoms with Crippen LogP contribution in [-0.4, -0.2) is 28.3 Å². The second kappa shape index (κ2) is 8.19. The number of aryl methyl sites for hydroxylation is 2. The molecule has 0 saturated carbocycles. The van der Waals surface area contributed by atoms with Crippen LogP contribution in [0.15, 0.2) is 63.0 Å². The van der Waals surface area contributed by atoms with Crippen LogP contribution in [-0.2, 0) is 26.5 Å². The number of benzene rings is 2. The van der Waals surface area contributed by atoms with Crippen molar-refractivity contribution in [1.29, 1.82) is 0 Å². The van der Waals surface area contributed by atoms with Crippen molar-refractivity contribution in [1.82, 2.24) is 0 Å². The molecule has 0 spiro atoms. The van der Waals surface area contributed by atoms with Gasteiger partial charge in [0.15, 0.2) is 0 Å². The Balaban J connectivity index is 1.67. The van der Waals surface area contributed by atoms with Crippen molar-refractivity contribution in [3.8, 4) is 0 Å². The lowest BCUT2D eigenvalue weighted by Gasteiger charge is -2.30. The van der Waals surface area contributed by atoms with Crippen LogP contribution in [0.3, 0.4) is 0 Å². The van der Waals surface area contributed by atoms with Crippen molar-refractivity contribution in [2.75, 3.05) is 15.6 Å². The van der Waals surface area contributed by atoms with Gasteiger partial charge in [0.2, 0.25) is 0 Å². The standard InChI is InChI=1S/C20H19N3O6S3/c1-14-6-8-17(23(24)25)13-19(14)31(26,27)21-16-7-9-18-15(12-16)4-2-10-22(18)32(28,29)20-5-3-11-30-20/h3,5-9,11-13,21H,2,4,10H2,1H3. The highest BCUT2D eigenvalue weighted by Crippen LogP contribution is 2.35. The second-order valence-electron chi connectivity index (χ2n) is 7.27. The van der Waals surface area contributed by atoms with Gasteiger partial charge in [-0.2, -0.15) is 0 Å². The molecule has 2 aromatic carbocycles. The number of thiophene rings is 1.